The number of nitrogens with one attached hydrogen (secondary N) is 2. The maximum Gasteiger partial charge on any atom is 0.515 e. The molecule has 1 heterocycles. The summed E-state index contributed by atoms with van der Waals surface area (Å²) in [6.07, 6.45) is 1.03. The zero-order valence-electron chi connectivity index (χ0n) is 14.3. The van der Waals surface area contributed by atoms with Crippen LogP contribution in [0, 0.1) is 0 Å². The Bertz CT molecular complexity index is 861. The quantitative estimate of drug-likeness (QED) is 0.564. The molecule has 2 N–H and O–H groups in total. The summed E-state index contributed by atoms with van der Waals surface area (Å²) < 4.78 is 10.2. The lowest BCUT2D eigenvalue weighted by Crippen LogP contribution is -2.11. The van der Waals surface area contributed by atoms with Crippen LogP contribution in [0.15, 0.2) is 60.8 Å². The maximum atomic E-state index is 11.7. The number of halogens is 1. The molecule has 0 fully saturated rings. The van der Waals surface area contributed by atoms with Crippen LogP contribution in [-0.4, -0.2) is 17.7 Å². The largest absolute Gasteiger partial charge is 0.515 e. The van der Waals surface area contributed by atoms with Crippen molar-refractivity contribution >= 4 is 23.4 Å². The fraction of sp³-hybridized carbons (Fsp3) is 0.150. The minimum Gasteiger partial charge on any atom is -0.434 e. The number of anilines is 1. The molecule has 0 radical (unpaired) electrons. The summed E-state index contributed by atoms with van der Waals surface area (Å²) in [5, 5.41) is 4.00. The molecule has 0 bridgehead atoms. The lowest BCUT2D eigenvalue weighted by atomic mass is 10.1. The molecule has 5 nitrogen and oxygen atoms in total. The molecule has 26 heavy (non-hydrogen) atoms. The average molecular weight is 371 g/mol. The van der Waals surface area contributed by atoms with Gasteiger partial charge in [-0.1, -0.05) is 54.1 Å². The van der Waals surface area contributed by atoms with Crippen molar-refractivity contribution < 1.29 is 14.3 Å². The van der Waals surface area contributed by atoms with E-state index in [2.05, 4.69) is 10.3 Å². The van der Waals surface area contributed by atoms with Crippen LogP contribution in [-0.2, 0) is 11.3 Å². The number of ether oxygens (including phenoxy) is 2. The molecule has 0 spiro atoms. The number of hydrogen-bond acceptors (Lipinski definition) is 4. The van der Waals surface area contributed by atoms with Crippen LogP contribution in [0.5, 0.6) is 5.88 Å². The lowest BCUT2D eigenvalue weighted by Gasteiger charge is -2.11. The van der Waals surface area contributed by atoms with Crippen LogP contribution in [0.25, 0.3) is 11.1 Å². The molecule has 0 aliphatic heterocycles. The van der Waals surface area contributed by atoms with Gasteiger partial charge in [0.15, 0.2) is 0 Å². The minimum absolute atomic E-state index is 0.246. The van der Waals surface area contributed by atoms with Gasteiger partial charge in [0, 0.05) is 23.3 Å². The Morgan fingerprint density at radius 1 is 1.12 bits per heavy atom. The first-order valence-corrected chi connectivity index (χ1v) is 8.65. The van der Waals surface area contributed by atoms with Crippen LogP contribution in [0.2, 0.25) is 5.02 Å². The predicted octanol–water partition coefficient (Wildman–Crippen LogP) is 5.48. The van der Waals surface area contributed by atoms with Crippen LogP contribution in [0.4, 0.5) is 10.5 Å². The van der Waals surface area contributed by atoms with E-state index in [0.29, 0.717) is 23.1 Å². The standard InChI is InChI=1S/C20H19ClN2O3/c1-2-25-20(24)26-19-18(22-12-14-6-4-3-5-7-14)17(13-23-19)15-8-10-16(21)11-9-15/h3-11,13,22-23H,2,12H2,1H3. The Morgan fingerprint density at radius 2 is 1.85 bits per heavy atom. The van der Waals surface area contributed by atoms with Gasteiger partial charge in [-0.25, -0.2) is 4.79 Å². The zero-order chi connectivity index (χ0) is 18.4. The third-order valence-electron chi connectivity index (χ3n) is 3.76. The van der Waals surface area contributed by atoms with E-state index in [4.69, 9.17) is 21.1 Å². The number of H-pyrrole nitrogens is 1. The molecule has 6 heteroatoms. The van der Waals surface area contributed by atoms with Gasteiger partial charge in [0.25, 0.3) is 0 Å². The van der Waals surface area contributed by atoms with Crippen molar-refractivity contribution in [2.24, 2.45) is 0 Å². The average Bonchev–Trinajstić information content (AvgIpc) is 3.04. The normalized spacial score (nSPS) is 10.4. The van der Waals surface area contributed by atoms with E-state index in [1.165, 1.54) is 0 Å². The first-order valence-electron chi connectivity index (χ1n) is 8.27. The molecular formula is C20H19ClN2O3. The van der Waals surface area contributed by atoms with Gasteiger partial charge in [-0.2, -0.15) is 0 Å². The van der Waals surface area contributed by atoms with E-state index >= 15 is 0 Å². The number of aromatic amines is 1. The Kier molecular flexibility index (Phi) is 5.81. The summed E-state index contributed by atoms with van der Waals surface area (Å²) in [5.74, 6) is 0.310. The van der Waals surface area contributed by atoms with Crippen molar-refractivity contribution in [3.63, 3.8) is 0 Å². The molecular weight excluding hydrogens is 352 g/mol. The van der Waals surface area contributed by atoms with Gasteiger partial charge in [-0.15, -0.1) is 0 Å². The lowest BCUT2D eigenvalue weighted by molar-refractivity contribution is 0.103. The summed E-state index contributed by atoms with van der Waals surface area (Å²) >= 11 is 5.98. The summed E-state index contributed by atoms with van der Waals surface area (Å²) in [7, 11) is 0. The molecule has 0 saturated heterocycles. The van der Waals surface area contributed by atoms with E-state index in [-0.39, 0.29) is 6.61 Å². The third kappa shape index (κ3) is 4.37. The fourth-order valence-corrected chi connectivity index (χ4v) is 2.66. The molecule has 1 aromatic heterocycles. The second-order valence-corrected chi connectivity index (χ2v) is 5.97. The Labute approximate surface area is 156 Å². The summed E-state index contributed by atoms with van der Waals surface area (Å²) in [4.78, 5) is 14.7. The number of benzene rings is 2. The van der Waals surface area contributed by atoms with Gasteiger partial charge in [-0.05, 0) is 30.2 Å². The number of aromatic nitrogens is 1. The van der Waals surface area contributed by atoms with Crippen molar-refractivity contribution in [1.29, 1.82) is 0 Å². The van der Waals surface area contributed by atoms with Gasteiger partial charge >= 0.3 is 6.16 Å². The van der Waals surface area contributed by atoms with Crippen molar-refractivity contribution in [3.05, 3.63) is 71.4 Å². The Morgan fingerprint density at radius 3 is 2.54 bits per heavy atom. The number of carbonyl (C=O) groups excluding carboxylic acids is 1. The molecule has 2 aromatic carbocycles. The zero-order valence-corrected chi connectivity index (χ0v) is 15.0. The van der Waals surface area contributed by atoms with Crippen molar-refractivity contribution in [1.82, 2.24) is 4.98 Å². The van der Waals surface area contributed by atoms with Crippen molar-refractivity contribution in [3.8, 4) is 17.0 Å². The smallest absolute Gasteiger partial charge is 0.434 e. The highest BCUT2D eigenvalue weighted by molar-refractivity contribution is 6.30. The molecule has 0 aliphatic carbocycles. The monoisotopic (exact) mass is 370 g/mol. The van der Waals surface area contributed by atoms with E-state index in [1.54, 1.807) is 13.1 Å². The first kappa shape index (κ1) is 17.9. The molecule has 0 amide bonds. The van der Waals surface area contributed by atoms with Crippen LogP contribution < -0.4 is 10.1 Å². The van der Waals surface area contributed by atoms with Crippen LogP contribution in [0.1, 0.15) is 12.5 Å². The highest BCUT2D eigenvalue weighted by Crippen LogP contribution is 2.36. The van der Waals surface area contributed by atoms with Gasteiger partial charge in [0.2, 0.25) is 5.88 Å². The van der Waals surface area contributed by atoms with Crippen molar-refractivity contribution in [2.45, 2.75) is 13.5 Å². The second-order valence-electron chi connectivity index (χ2n) is 5.54. The third-order valence-corrected chi connectivity index (χ3v) is 4.01. The van der Waals surface area contributed by atoms with E-state index in [9.17, 15) is 4.79 Å². The van der Waals surface area contributed by atoms with E-state index in [1.807, 2.05) is 54.6 Å². The maximum absolute atomic E-state index is 11.7. The number of carbonyl (C=O) groups is 1. The predicted molar refractivity (Wildman–Crippen MR) is 103 cm³/mol. The van der Waals surface area contributed by atoms with Gasteiger partial charge < -0.3 is 19.8 Å². The summed E-state index contributed by atoms with van der Waals surface area (Å²) in [6, 6.07) is 17.4. The number of rotatable bonds is 6. The van der Waals surface area contributed by atoms with Gasteiger partial charge in [-0.3, -0.25) is 0 Å². The van der Waals surface area contributed by atoms with Crippen LogP contribution in [0.3, 0.4) is 0 Å². The van der Waals surface area contributed by atoms with Crippen LogP contribution >= 0.6 is 11.6 Å². The van der Waals surface area contributed by atoms with Gasteiger partial charge in [0.05, 0.1) is 6.61 Å². The summed E-state index contributed by atoms with van der Waals surface area (Å²) in [6.45, 7) is 2.55. The van der Waals surface area contributed by atoms with E-state index < -0.39 is 6.16 Å². The molecule has 134 valence electrons. The molecule has 0 unspecified atom stereocenters. The molecule has 3 aromatic rings. The molecule has 0 atom stereocenters. The van der Waals surface area contributed by atoms with Gasteiger partial charge in [0.1, 0.15) is 5.69 Å². The Hall–Kier alpha value is -2.92. The molecule has 3 rings (SSSR count). The number of hydrogen-bond donors (Lipinski definition) is 2. The van der Waals surface area contributed by atoms with E-state index in [0.717, 1.165) is 16.7 Å². The fourth-order valence-electron chi connectivity index (χ4n) is 2.53. The SMILES string of the molecule is CCOC(=O)Oc1[nH]cc(-c2ccc(Cl)cc2)c1NCc1ccccc1. The molecule has 0 aliphatic rings. The summed E-state index contributed by atoms with van der Waals surface area (Å²) in [5.41, 5.74) is 3.61. The molecule has 0 saturated carbocycles. The minimum atomic E-state index is -0.750. The topological polar surface area (TPSA) is 63.4 Å². The Balaban J connectivity index is 1.89. The second kappa shape index (κ2) is 8.45. The highest BCUT2D eigenvalue weighted by Gasteiger charge is 2.17. The highest BCUT2D eigenvalue weighted by atomic mass is 35.5. The first-order chi connectivity index (χ1) is 12.7. The van der Waals surface area contributed by atoms with Crippen molar-refractivity contribution in [2.75, 3.05) is 11.9 Å².